The van der Waals surface area contributed by atoms with E-state index in [4.69, 9.17) is 23.2 Å². The summed E-state index contributed by atoms with van der Waals surface area (Å²) in [5.41, 5.74) is 1.30. The first-order valence-electron chi connectivity index (χ1n) is 8.19. The molecule has 0 saturated carbocycles. The third-order valence-corrected chi connectivity index (χ3v) is 5.18. The quantitative estimate of drug-likeness (QED) is 0.822. The summed E-state index contributed by atoms with van der Waals surface area (Å²) in [5.74, 6) is 1.16. The second-order valence-electron chi connectivity index (χ2n) is 6.75. The summed E-state index contributed by atoms with van der Waals surface area (Å²) in [6.45, 7) is 6.57. The van der Waals surface area contributed by atoms with E-state index in [1.165, 1.54) is 11.1 Å². The first-order chi connectivity index (χ1) is 11.5. The van der Waals surface area contributed by atoms with Crippen LogP contribution < -0.4 is 10.5 Å². The van der Waals surface area contributed by atoms with Gasteiger partial charge in [-0.2, -0.15) is 5.10 Å². The molecule has 0 radical (unpaired) electrons. The fourth-order valence-corrected chi connectivity index (χ4v) is 3.90. The maximum Gasteiger partial charge on any atom is 0.287 e. The fourth-order valence-electron chi connectivity index (χ4n) is 3.44. The Balaban J connectivity index is 1.89. The monoisotopic (exact) mass is 365 g/mol. The van der Waals surface area contributed by atoms with Crippen molar-refractivity contribution in [2.45, 2.75) is 26.8 Å². The maximum absolute atomic E-state index is 12.6. The van der Waals surface area contributed by atoms with Gasteiger partial charge >= 0.3 is 0 Å². The van der Waals surface area contributed by atoms with Crippen molar-refractivity contribution in [1.29, 1.82) is 0 Å². The summed E-state index contributed by atoms with van der Waals surface area (Å²) in [6, 6.07) is 7.43. The molecular formula is C18H21Cl2N3O. The molecule has 24 heavy (non-hydrogen) atoms. The Hall–Kier alpha value is -1.52. The molecule has 2 atom stereocenters. The van der Waals surface area contributed by atoms with E-state index in [9.17, 15) is 4.79 Å². The number of hydrogen-bond donors (Lipinski definition) is 0. The molecule has 0 bridgehead atoms. The lowest BCUT2D eigenvalue weighted by Gasteiger charge is -2.36. The van der Waals surface area contributed by atoms with Crippen molar-refractivity contribution in [3.8, 4) is 0 Å². The number of nitrogens with zero attached hydrogens (tertiary/aromatic N) is 3. The molecule has 6 heteroatoms. The number of rotatable bonds is 3. The van der Waals surface area contributed by atoms with Gasteiger partial charge in [-0.05, 0) is 29.9 Å². The van der Waals surface area contributed by atoms with Crippen molar-refractivity contribution in [2.75, 3.05) is 18.0 Å². The third-order valence-electron chi connectivity index (χ3n) is 4.45. The van der Waals surface area contributed by atoms with Gasteiger partial charge in [-0.15, -0.1) is 0 Å². The van der Waals surface area contributed by atoms with Gasteiger partial charge in [0.15, 0.2) is 0 Å². The largest absolute Gasteiger partial charge is 0.368 e. The van der Waals surface area contributed by atoms with Crippen LogP contribution in [-0.4, -0.2) is 22.9 Å². The SMILES string of the molecule is CC1CC(C)CN(c2cnn(Cc3ccccc3Cl)c(=O)c2Cl)C1. The zero-order valence-corrected chi connectivity index (χ0v) is 15.4. The molecule has 2 unspecified atom stereocenters. The van der Waals surface area contributed by atoms with Gasteiger partial charge in [0, 0.05) is 18.1 Å². The van der Waals surface area contributed by atoms with Crippen LogP contribution in [0.2, 0.25) is 10.0 Å². The first kappa shape index (κ1) is 17.3. The van der Waals surface area contributed by atoms with Gasteiger partial charge in [0.2, 0.25) is 0 Å². The van der Waals surface area contributed by atoms with E-state index in [2.05, 4.69) is 23.8 Å². The van der Waals surface area contributed by atoms with Crippen LogP contribution in [0.5, 0.6) is 0 Å². The summed E-state index contributed by atoms with van der Waals surface area (Å²) in [6.07, 6.45) is 2.90. The van der Waals surface area contributed by atoms with E-state index < -0.39 is 0 Å². The topological polar surface area (TPSA) is 38.1 Å². The first-order valence-corrected chi connectivity index (χ1v) is 8.95. The molecule has 128 valence electrons. The standard InChI is InChI=1S/C18H21Cl2N3O/c1-12-7-13(2)10-22(9-12)16-8-21-23(18(24)17(16)20)11-14-5-3-4-6-15(14)19/h3-6,8,12-13H,7,9-11H2,1-2H3. The van der Waals surface area contributed by atoms with Crippen LogP contribution in [0.3, 0.4) is 0 Å². The van der Waals surface area contributed by atoms with Crippen LogP contribution in [0.1, 0.15) is 25.8 Å². The zero-order chi connectivity index (χ0) is 17.3. The molecular weight excluding hydrogens is 345 g/mol. The number of anilines is 1. The highest BCUT2D eigenvalue weighted by Gasteiger charge is 2.25. The third kappa shape index (κ3) is 3.60. The Morgan fingerprint density at radius 1 is 1.17 bits per heavy atom. The molecule has 2 aromatic rings. The molecule has 1 fully saturated rings. The van der Waals surface area contributed by atoms with Crippen LogP contribution in [0.15, 0.2) is 35.3 Å². The smallest absolute Gasteiger partial charge is 0.287 e. The Morgan fingerprint density at radius 3 is 2.50 bits per heavy atom. The van der Waals surface area contributed by atoms with Crippen molar-refractivity contribution in [2.24, 2.45) is 11.8 Å². The summed E-state index contributed by atoms with van der Waals surface area (Å²) in [4.78, 5) is 14.8. The Kier molecular flexibility index (Phi) is 5.16. The van der Waals surface area contributed by atoms with Crippen LogP contribution in [0.25, 0.3) is 0 Å². The molecule has 1 aliphatic rings. The normalized spacial score (nSPS) is 21.1. The molecule has 0 amide bonds. The molecule has 1 aliphatic heterocycles. The van der Waals surface area contributed by atoms with E-state index >= 15 is 0 Å². The van der Waals surface area contributed by atoms with Gasteiger partial charge < -0.3 is 4.90 Å². The minimum atomic E-state index is -0.278. The summed E-state index contributed by atoms with van der Waals surface area (Å²) in [5, 5.41) is 5.17. The number of piperidine rings is 1. The highest BCUT2D eigenvalue weighted by Crippen LogP contribution is 2.29. The van der Waals surface area contributed by atoms with E-state index in [0.717, 1.165) is 24.3 Å². The second-order valence-corrected chi connectivity index (χ2v) is 7.53. The minimum Gasteiger partial charge on any atom is -0.368 e. The highest BCUT2D eigenvalue weighted by molar-refractivity contribution is 6.33. The second kappa shape index (κ2) is 7.16. The van der Waals surface area contributed by atoms with Gasteiger partial charge in [0.25, 0.3) is 5.56 Å². The van der Waals surface area contributed by atoms with E-state index in [1.807, 2.05) is 18.2 Å². The van der Waals surface area contributed by atoms with Gasteiger partial charge in [0.1, 0.15) is 5.02 Å². The zero-order valence-electron chi connectivity index (χ0n) is 13.9. The Morgan fingerprint density at radius 2 is 1.83 bits per heavy atom. The van der Waals surface area contributed by atoms with Gasteiger partial charge in [0.05, 0.1) is 18.4 Å². The molecule has 4 nitrogen and oxygen atoms in total. The lowest BCUT2D eigenvalue weighted by molar-refractivity contribution is 0.356. The van der Waals surface area contributed by atoms with E-state index in [0.29, 0.717) is 23.4 Å². The summed E-state index contributed by atoms with van der Waals surface area (Å²) < 4.78 is 1.36. The van der Waals surface area contributed by atoms with Crippen LogP contribution >= 0.6 is 23.2 Å². The molecule has 1 aromatic heterocycles. The number of benzene rings is 1. The predicted molar refractivity (Wildman–Crippen MR) is 99.2 cm³/mol. The molecule has 1 aromatic carbocycles. The van der Waals surface area contributed by atoms with Crippen LogP contribution in [0, 0.1) is 11.8 Å². The summed E-state index contributed by atoms with van der Waals surface area (Å²) >= 11 is 12.6. The van der Waals surface area contributed by atoms with Crippen molar-refractivity contribution in [3.05, 3.63) is 56.4 Å². The van der Waals surface area contributed by atoms with Gasteiger partial charge in [-0.3, -0.25) is 4.79 Å². The Bertz CT molecular complexity index is 780. The van der Waals surface area contributed by atoms with E-state index in [-0.39, 0.29) is 10.6 Å². The minimum absolute atomic E-state index is 0.235. The lowest BCUT2D eigenvalue weighted by atomic mass is 9.92. The van der Waals surface area contributed by atoms with Gasteiger partial charge in [-0.25, -0.2) is 4.68 Å². The highest BCUT2D eigenvalue weighted by atomic mass is 35.5. The van der Waals surface area contributed by atoms with E-state index in [1.54, 1.807) is 12.3 Å². The molecule has 0 spiro atoms. The molecule has 1 saturated heterocycles. The van der Waals surface area contributed by atoms with Gasteiger partial charge in [-0.1, -0.05) is 55.2 Å². The molecule has 0 aliphatic carbocycles. The van der Waals surface area contributed by atoms with Crippen molar-refractivity contribution in [1.82, 2.24) is 9.78 Å². The summed E-state index contributed by atoms with van der Waals surface area (Å²) in [7, 11) is 0. The molecule has 2 heterocycles. The predicted octanol–water partition coefficient (Wildman–Crippen LogP) is 4.08. The average molecular weight is 366 g/mol. The number of aromatic nitrogens is 2. The van der Waals surface area contributed by atoms with Crippen molar-refractivity contribution >= 4 is 28.9 Å². The number of halogens is 2. The maximum atomic E-state index is 12.6. The van der Waals surface area contributed by atoms with Crippen molar-refractivity contribution in [3.63, 3.8) is 0 Å². The van der Waals surface area contributed by atoms with Crippen LogP contribution in [-0.2, 0) is 6.54 Å². The van der Waals surface area contributed by atoms with Crippen molar-refractivity contribution < 1.29 is 0 Å². The van der Waals surface area contributed by atoms with Crippen LogP contribution in [0.4, 0.5) is 5.69 Å². The fraction of sp³-hybridized carbons (Fsp3) is 0.444. The molecule has 0 N–H and O–H groups in total. The number of hydrogen-bond acceptors (Lipinski definition) is 3. The lowest BCUT2D eigenvalue weighted by Crippen LogP contribution is -2.40. The average Bonchev–Trinajstić information content (AvgIpc) is 2.53. The Labute approximate surface area is 152 Å². The molecule has 3 rings (SSSR count).